The van der Waals surface area contributed by atoms with Crippen LogP contribution in [0.2, 0.25) is 0 Å². The molecule has 0 spiro atoms. The number of alkyl halides is 3. The molecule has 5 nitrogen and oxygen atoms in total. The number of nitrogens with zero attached hydrogens (tertiary/aromatic N) is 1. The van der Waals surface area contributed by atoms with Crippen molar-refractivity contribution in [1.82, 2.24) is 0 Å². The highest BCUT2D eigenvalue weighted by Gasteiger charge is 2.39. The van der Waals surface area contributed by atoms with Crippen LogP contribution in [0, 0.1) is 10.1 Å². The third-order valence-corrected chi connectivity index (χ3v) is 1.61. The Labute approximate surface area is 101 Å². The maximum atomic E-state index is 11.9. The Morgan fingerprint density at radius 2 is 1.78 bits per heavy atom. The Morgan fingerprint density at radius 1 is 1.28 bits per heavy atom. The van der Waals surface area contributed by atoms with Gasteiger partial charge in [-0.25, -0.2) is 0 Å². The molecule has 0 atom stereocenters. The van der Waals surface area contributed by atoms with Crippen LogP contribution in [0.3, 0.4) is 0 Å². The molecule has 0 radical (unpaired) electrons. The molecule has 1 N–H and O–H groups in total. The van der Waals surface area contributed by atoms with Gasteiger partial charge in [0.05, 0.1) is 4.92 Å². The Bertz CT molecular complexity index is 433. The number of nitrogens with one attached hydrogen (secondary N) is 1. The Kier molecular flexibility index (Phi) is 5.80. The fraction of sp³-hybridized carbons (Fsp3) is 0.300. The molecule has 8 heteroatoms. The van der Waals surface area contributed by atoms with Gasteiger partial charge in [-0.15, -0.1) is 0 Å². The number of anilines is 1. The molecular weight excluding hydrogens is 253 g/mol. The van der Waals surface area contributed by atoms with Crippen molar-refractivity contribution in [3.63, 3.8) is 0 Å². The monoisotopic (exact) mass is 264 g/mol. The first-order valence-electron chi connectivity index (χ1n) is 4.94. The normalized spacial score (nSPS) is 10.1. The lowest BCUT2D eigenvalue weighted by atomic mass is 10.2. The molecule has 0 unspecified atom stereocenters. The van der Waals surface area contributed by atoms with Crippen molar-refractivity contribution in [2.24, 2.45) is 0 Å². The van der Waals surface area contributed by atoms with E-state index < -0.39 is 28.4 Å². The average Bonchev–Trinajstić information content (AvgIpc) is 2.31. The van der Waals surface area contributed by atoms with Crippen molar-refractivity contribution in [3.8, 4) is 0 Å². The summed E-state index contributed by atoms with van der Waals surface area (Å²) in [5.74, 6) is -2.25. The molecule has 0 aliphatic carbocycles. The smallest absolute Gasteiger partial charge is 0.312 e. The number of hydrogen-bond donors (Lipinski definition) is 1. The molecule has 1 aromatic carbocycles. The summed E-state index contributed by atoms with van der Waals surface area (Å²) in [6.45, 7) is 4.00. The number of rotatable bonds is 2. The number of nitro benzene ring substituents is 1. The van der Waals surface area contributed by atoms with E-state index in [4.69, 9.17) is 0 Å². The van der Waals surface area contributed by atoms with E-state index in [0.717, 1.165) is 12.1 Å². The van der Waals surface area contributed by atoms with Crippen molar-refractivity contribution in [3.05, 3.63) is 34.4 Å². The summed E-state index contributed by atoms with van der Waals surface area (Å²) in [7, 11) is 0. The van der Waals surface area contributed by atoms with Crippen LogP contribution in [0.25, 0.3) is 0 Å². The average molecular weight is 264 g/mol. The van der Waals surface area contributed by atoms with Gasteiger partial charge in [-0.2, -0.15) is 13.2 Å². The quantitative estimate of drug-likeness (QED) is 0.658. The lowest BCUT2D eigenvalue weighted by Crippen LogP contribution is -2.30. The summed E-state index contributed by atoms with van der Waals surface area (Å²) in [4.78, 5) is 20.1. The number of nitro groups is 1. The second-order valence-corrected chi connectivity index (χ2v) is 2.73. The second kappa shape index (κ2) is 6.58. The van der Waals surface area contributed by atoms with Crippen LogP contribution in [-0.4, -0.2) is 17.0 Å². The van der Waals surface area contributed by atoms with E-state index in [2.05, 4.69) is 0 Å². The van der Waals surface area contributed by atoms with Crippen LogP contribution >= 0.6 is 0 Å². The summed E-state index contributed by atoms with van der Waals surface area (Å²) >= 11 is 0. The molecule has 100 valence electrons. The molecule has 0 aliphatic rings. The molecular formula is C10H11F3N2O3. The molecule has 0 aliphatic heterocycles. The molecule has 0 saturated carbocycles. The fourth-order valence-electron chi connectivity index (χ4n) is 0.932. The summed E-state index contributed by atoms with van der Waals surface area (Å²) in [5, 5.41) is 11.9. The van der Waals surface area contributed by atoms with Gasteiger partial charge in [-0.1, -0.05) is 26.0 Å². The number of carbonyl (C=O) groups is 1. The molecule has 0 fully saturated rings. The molecule has 0 heterocycles. The number of amides is 1. The first-order chi connectivity index (χ1) is 8.32. The van der Waals surface area contributed by atoms with Crippen LogP contribution in [0.4, 0.5) is 24.5 Å². The highest BCUT2D eigenvalue weighted by molar-refractivity contribution is 5.96. The predicted molar refractivity (Wildman–Crippen MR) is 59.1 cm³/mol. The summed E-state index contributed by atoms with van der Waals surface area (Å²) in [6, 6.07) is 4.56. The predicted octanol–water partition coefficient (Wildman–Crippen LogP) is 3.12. The largest absolute Gasteiger partial charge is 0.471 e. The minimum Gasteiger partial charge on any atom is -0.312 e. The zero-order valence-corrected chi connectivity index (χ0v) is 9.62. The Hall–Kier alpha value is -2.12. The third-order valence-electron chi connectivity index (χ3n) is 1.61. The number of para-hydroxylation sites is 2. The van der Waals surface area contributed by atoms with E-state index in [1.807, 2.05) is 13.8 Å². The first-order valence-corrected chi connectivity index (χ1v) is 4.94. The van der Waals surface area contributed by atoms with Crippen LogP contribution in [0.1, 0.15) is 13.8 Å². The van der Waals surface area contributed by atoms with Gasteiger partial charge in [0, 0.05) is 6.07 Å². The fourth-order valence-corrected chi connectivity index (χ4v) is 0.932. The second-order valence-electron chi connectivity index (χ2n) is 2.73. The van der Waals surface area contributed by atoms with E-state index in [9.17, 15) is 28.1 Å². The van der Waals surface area contributed by atoms with E-state index in [1.54, 1.807) is 0 Å². The molecule has 0 bridgehead atoms. The number of hydrogen-bond acceptors (Lipinski definition) is 3. The van der Waals surface area contributed by atoms with Gasteiger partial charge < -0.3 is 5.32 Å². The standard InChI is InChI=1S/C8H5F3N2O3.C2H6/c9-8(10,11)7(14)12-5-3-1-2-4-6(5)13(15)16;1-2/h1-4H,(H,12,14);1-2H3. The van der Waals surface area contributed by atoms with E-state index in [1.165, 1.54) is 17.4 Å². The molecule has 0 aromatic heterocycles. The molecule has 1 rings (SSSR count). The van der Waals surface area contributed by atoms with Gasteiger partial charge in [0.15, 0.2) is 0 Å². The Balaban J connectivity index is 0.00000137. The minimum absolute atomic E-state index is 0.491. The highest BCUT2D eigenvalue weighted by Crippen LogP contribution is 2.25. The van der Waals surface area contributed by atoms with Gasteiger partial charge in [0.2, 0.25) is 0 Å². The number of halogens is 3. The van der Waals surface area contributed by atoms with Crippen molar-refractivity contribution >= 4 is 17.3 Å². The molecule has 1 aromatic rings. The number of benzene rings is 1. The minimum atomic E-state index is -5.08. The lowest BCUT2D eigenvalue weighted by Gasteiger charge is -2.07. The van der Waals surface area contributed by atoms with E-state index in [-0.39, 0.29) is 0 Å². The maximum Gasteiger partial charge on any atom is 0.471 e. The Morgan fingerprint density at radius 3 is 2.22 bits per heavy atom. The van der Waals surface area contributed by atoms with Crippen LogP contribution in [-0.2, 0) is 4.79 Å². The van der Waals surface area contributed by atoms with Crippen LogP contribution in [0.5, 0.6) is 0 Å². The summed E-state index contributed by atoms with van der Waals surface area (Å²) in [5.41, 5.74) is -1.09. The van der Waals surface area contributed by atoms with Crippen molar-refractivity contribution in [1.29, 1.82) is 0 Å². The van der Waals surface area contributed by atoms with Crippen LogP contribution in [0.15, 0.2) is 24.3 Å². The van der Waals surface area contributed by atoms with Crippen LogP contribution < -0.4 is 5.32 Å². The van der Waals surface area contributed by atoms with Gasteiger partial charge in [-0.3, -0.25) is 14.9 Å². The first kappa shape index (κ1) is 15.9. The van der Waals surface area contributed by atoms with Crippen molar-refractivity contribution < 1.29 is 22.9 Å². The third kappa shape index (κ3) is 4.40. The van der Waals surface area contributed by atoms with E-state index >= 15 is 0 Å². The lowest BCUT2D eigenvalue weighted by molar-refractivity contribution is -0.383. The van der Waals surface area contributed by atoms with Gasteiger partial charge in [-0.05, 0) is 6.07 Å². The number of carbonyl (C=O) groups excluding carboxylic acids is 1. The zero-order valence-electron chi connectivity index (χ0n) is 9.62. The van der Waals surface area contributed by atoms with E-state index in [0.29, 0.717) is 0 Å². The van der Waals surface area contributed by atoms with Gasteiger partial charge in [0.25, 0.3) is 5.69 Å². The molecule has 0 saturated heterocycles. The highest BCUT2D eigenvalue weighted by atomic mass is 19.4. The van der Waals surface area contributed by atoms with Gasteiger partial charge in [0.1, 0.15) is 5.69 Å². The topological polar surface area (TPSA) is 72.2 Å². The van der Waals surface area contributed by atoms with Crippen molar-refractivity contribution in [2.45, 2.75) is 20.0 Å². The SMILES string of the molecule is CC.O=C(Nc1ccccc1[N+](=O)[O-])C(F)(F)F. The summed E-state index contributed by atoms with van der Waals surface area (Å²) < 4.78 is 35.7. The maximum absolute atomic E-state index is 11.9. The van der Waals surface area contributed by atoms with Gasteiger partial charge >= 0.3 is 12.1 Å². The van der Waals surface area contributed by atoms with Crippen molar-refractivity contribution in [2.75, 3.05) is 5.32 Å². The summed E-state index contributed by atoms with van der Waals surface area (Å²) in [6.07, 6.45) is -5.08. The molecule has 18 heavy (non-hydrogen) atoms. The molecule has 1 amide bonds. The zero-order chi connectivity index (χ0) is 14.3.